The molecule has 2 aromatic carbocycles. The van der Waals surface area contributed by atoms with Crippen LogP contribution < -0.4 is 10.6 Å². The molecule has 0 amide bonds. The standard InChI is InChI=1S/C32H35F3N6O6/c1-20-27(29(44)47-4)28(40-30(37-38-31(40)45)39(20)24-10-5-9-23(17-24)32(33,34)35)25-12-11-21(18-36)16-22(25)8-6-13-41(2,19-26(42)43)14-7-15-46-3/h5,9-12,16-17,28H,6-8,13-15,19H2,1-4H3,(H-,38,42,43,45)/p+1/t28-,41?/m1/s1. The van der Waals surface area contributed by atoms with Crippen molar-refractivity contribution in [2.45, 2.75) is 38.4 Å². The molecule has 0 saturated heterocycles. The van der Waals surface area contributed by atoms with Crippen LogP contribution in [0.25, 0.3) is 0 Å². The van der Waals surface area contributed by atoms with Gasteiger partial charge in [0.25, 0.3) is 0 Å². The average molecular weight is 658 g/mol. The lowest BCUT2D eigenvalue weighted by Crippen LogP contribution is -2.49. The van der Waals surface area contributed by atoms with Crippen LogP contribution in [0.4, 0.5) is 24.8 Å². The Hall–Kier alpha value is -4.94. The van der Waals surface area contributed by atoms with Crippen molar-refractivity contribution in [3.63, 3.8) is 0 Å². The molecular weight excluding hydrogens is 621 g/mol. The van der Waals surface area contributed by atoms with E-state index < -0.39 is 35.4 Å². The van der Waals surface area contributed by atoms with Crippen molar-refractivity contribution >= 4 is 23.6 Å². The summed E-state index contributed by atoms with van der Waals surface area (Å²) in [6.07, 6.45) is -3.15. The Morgan fingerprint density at radius 1 is 1.15 bits per heavy atom. The smallest absolute Gasteiger partial charge is 0.416 e. The minimum atomic E-state index is -4.65. The highest BCUT2D eigenvalue weighted by atomic mass is 19.4. The summed E-state index contributed by atoms with van der Waals surface area (Å²) in [7, 11) is 4.58. The van der Waals surface area contributed by atoms with Gasteiger partial charge in [0.05, 0.1) is 56.6 Å². The maximum Gasteiger partial charge on any atom is 0.416 e. The topological polar surface area (TPSA) is 151 Å². The molecule has 1 unspecified atom stereocenters. The summed E-state index contributed by atoms with van der Waals surface area (Å²) in [5.41, 5.74) is -0.0502. The van der Waals surface area contributed by atoms with Gasteiger partial charge in [-0.1, -0.05) is 12.1 Å². The first-order chi connectivity index (χ1) is 22.2. The molecule has 250 valence electrons. The van der Waals surface area contributed by atoms with Gasteiger partial charge in [-0.25, -0.2) is 24.0 Å². The Kier molecular flexibility index (Phi) is 10.6. The van der Waals surface area contributed by atoms with Crippen LogP contribution in [0, 0.1) is 11.3 Å². The first kappa shape index (κ1) is 34.9. The first-order valence-electron chi connectivity index (χ1n) is 14.7. The van der Waals surface area contributed by atoms with Crippen LogP contribution in [0.5, 0.6) is 0 Å². The molecule has 0 bridgehead atoms. The number of carbonyl (C=O) groups excluding carboxylic acids is 1. The van der Waals surface area contributed by atoms with E-state index in [1.54, 1.807) is 25.3 Å². The summed E-state index contributed by atoms with van der Waals surface area (Å²) in [5.74, 6) is -1.81. The van der Waals surface area contributed by atoms with Crippen LogP contribution in [0.15, 0.2) is 58.5 Å². The lowest BCUT2D eigenvalue weighted by Gasteiger charge is -2.36. The van der Waals surface area contributed by atoms with E-state index in [9.17, 15) is 37.9 Å². The van der Waals surface area contributed by atoms with Crippen molar-refractivity contribution in [1.82, 2.24) is 14.8 Å². The zero-order valence-electron chi connectivity index (χ0n) is 26.4. The molecule has 12 nitrogen and oxygen atoms in total. The van der Waals surface area contributed by atoms with Crippen molar-refractivity contribution in [3.05, 3.63) is 86.5 Å². The van der Waals surface area contributed by atoms with Gasteiger partial charge < -0.3 is 19.1 Å². The van der Waals surface area contributed by atoms with Crippen LogP contribution in [0.1, 0.15) is 48.1 Å². The van der Waals surface area contributed by atoms with Crippen LogP contribution in [0.3, 0.4) is 0 Å². The number of H-pyrrole nitrogens is 1. The summed E-state index contributed by atoms with van der Waals surface area (Å²) in [5, 5.41) is 25.8. The number of anilines is 2. The number of methoxy groups -OCH3 is 2. The number of hydrogen-bond donors (Lipinski definition) is 2. The number of fused-ring (bicyclic) bond motifs is 1. The summed E-state index contributed by atoms with van der Waals surface area (Å²) in [6.45, 7) is 2.92. The van der Waals surface area contributed by atoms with E-state index in [2.05, 4.69) is 16.3 Å². The third kappa shape index (κ3) is 7.55. The second-order valence-corrected chi connectivity index (χ2v) is 11.6. The molecule has 0 fully saturated rings. The highest BCUT2D eigenvalue weighted by molar-refractivity contribution is 5.93. The predicted molar refractivity (Wildman–Crippen MR) is 164 cm³/mol. The number of carboxylic acids is 1. The zero-order chi connectivity index (χ0) is 34.5. The molecule has 3 aromatic rings. The van der Waals surface area contributed by atoms with Gasteiger partial charge in [0.1, 0.15) is 6.04 Å². The zero-order valence-corrected chi connectivity index (χ0v) is 26.4. The minimum absolute atomic E-state index is 0.0152. The predicted octanol–water partition coefficient (Wildman–Crippen LogP) is 4.15. The molecular formula is C32H36F3N6O6+. The SMILES string of the molecule is COCCC[N+](C)(CCCc1cc(C#N)ccc1[C@@H]1C(C(=O)OC)=C(C)N(c2cccc(C(F)(F)F)c2)c2n[nH]c(=O)n21)CC(=O)O. The van der Waals surface area contributed by atoms with E-state index in [0.29, 0.717) is 55.6 Å². The molecule has 4 rings (SSSR count). The fraction of sp³-hybridized carbons (Fsp3) is 0.406. The minimum Gasteiger partial charge on any atom is -0.477 e. The number of nitrogens with zero attached hydrogens (tertiary/aromatic N) is 5. The lowest BCUT2D eigenvalue weighted by molar-refractivity contribution is -0.903. The third-order valence-electron chi connectivity index (χ3n) is 8.25. The maximum atomic E-state index is 13.7. The highest BCUT2D eigenvalue weighted by Crippen LogP contribution is 2.43. The number of carboxylic acid groups (broad SMARTS) is 1. The monoisotopic (exact) mass is 657 g/mol. The summed E-state index contributed by atoms with van der Waals surface area (Å²) < 4.78 is 52.7. The Labute approximate surface area is 268 Å². The number of aromatic nitrogens is 3. The number of quaternary nitrogens is 1. The number of hydrogen-bond acceptors (Lipinski definition) is 8. The van der Waals surface area contributed by atoms with Gasteiger partial charge in [0.2, 0.25) is 5.95 Å². The number of likely N-dealkylation sites (N-methyl/N-ethyl adjacent to an activating group) is 1. The number of rotatable bonds is 13. The third-order valence-corrected chi connectivity index (χ3v) is 8.25. The van der Waals surface area contributed by atoms with Crippen molar-refractivity contribution in [1.29, 1.82) is 5.26 Å². The largest absolute Gasteiger partial charge is 0.477 e. The number of aromatic amines is 1. The van der Waals surface area contributed by atoms with Crippen LogP contribution in [0.2, 0.25) is 0 Å². The second kappa shape index (κ2) is 14.2. The van der Waals surface area contributed by atoms with Crippen LogP contribution in [-0.2, 0) is 31.7 Å². The molecule has 0 aliphatic carbocycles. The Morgan fingerprint density at radius 2 is 1.87 bits per heavy atom. The molecule has 1 aromatic heterocycles. The Balaban J connectivity index is 1.83. The number of aliphatic carboxylic acids is 1. The van der Waals surface area contributed by atoms with Crippen molar-refractivity contribution in [2.75, 3.05) is 52.4 Å². The first-order valence-corrected chi connectivity index (χ1v) is 14.7. The number of alkyl halides is 3. The number of aryl methyl sites for hydroxylation is 1. The van der Waals surface area contributed by atoms with Crippen LogP contribution in [-0.4, -0.2) is 83.8 Å². The van der Waals surface area contributed by atoms with E-state index in [1.165, 1.54) is 28.5 Å². The Bertz CT molecular complexity index is 1780. The van der Waals surface area contributed by atoms with Crippen LogP contribution >= 0.6 is 0 Å². The van der Waals surface area contributed by atoms with Gasteiger partial charge in [0, 0.05) is 31.3 Å². The van der Waals surface area contributed by atoms with Gasteiger partial charge in [0.15, 0.2) is 6.54 Å². The fourth-order valence-electron chi connectivity index (χ4n) is 6.08. The number of carbonyl (C=O) groups is 2. The molecule has 15 heteroatoms. The summed E-state index contributed by atoms with van der Waals surface area (Å²) >= 11 is 0. The number of esters is 1. The number of nitrogens with one attached hydrogen (secondary N) is 1. The molecule has 0 spiro atoms. The summed E-state index contributed by atoms with van der Waals surface area (Å²) in [4.78, 5) is 39.8. The van der Waals surface area contributed by atoms with E-state index >= 15 is 0 Å². The molecule has 47 heavy (non-hydrogen) atoms. The molecule has 2 N–H and O–H groups in total. The normalized spacial score (nSPS) is 16.0. The molecule has 0 saturated carbocycles. The van der Waals surface area contributed by atoms with Gasteiger partial charge in [-0.15, -0.1) is 5.10 Å². The van der Waals surface area contributed by atoms with E-state index in [1.807, 2.05) is 7.05 Å². The van der Waals surface area contributed by atoms with Crippen molar-refractivity contribution < 1.29 is 41.8 Å². The maximum absolute atomic E-state index is 13.7. The van der Waals surface area contributed by atoms with E-state index in [-0.39, 0.29) is 33.9 Å². The molecule has 1 aliphatic rings. The fourth-order valence-corrected chi connectivity index (χ4v) is 6.08. The highest BCUT2D eigenvalue weighted by Gasteiger charge is 2.41. The van der Waals surface area contributed by atoms with Gasteiger partial charge in [-0.3, -0.25) is 4.90 Å². The number of allylic oxidation sites excluding steroid dienone is 1. The summed E-state index contributed by atoms with van der Waals surface area (Å²) in [6, 6.07) is 10.2. The molecule has 0 radical (unpaired) electrons. The van der Waals surface area contributed by atoms with E-state index in [0.717, 1.165) is 19.2 Å². The van der Waals surface area contributed by atoms with Gasteiger partial charge >= 0.3 is 23.8 Å². The van der Waals surface area contributed by atoms with Crippen molar-refractivity contribution in [2.24, 2.45) is 0 Å². The quantitative estimate of drug-likeness (QED) is 0.157. The van der Waals surface area contributed by atoms with E-state index in [4.69, 9.17) is 9.47 Å². The lowest BCUT2D eigenvalue weighted by atomic mass is 9.88. The second-order valence-electron chi connectivity index (χ2n) is 11.6. The Morgan fingerprint density at radius 3 is 2.51 bits per heavy atom. The molecule has 1 aliphatic heterocycles. The number of halogens is 3. The van der Waals surface area contributed by atoms with Gasteiger partial charge in [-0.05, 0) is 54.8 Å². The van der Waals surface area contributed by atoms with Gasteiger partial charge in [-0.2, -0.15) is 18.4 Å². The number of ether oxygens (including phenoxy) is 2. The average Bonchev–Trinajstić information content (AvgIpc) is 3.40. The molecule has 2 atom stereocenters. The number of nitriles is 1. The van der Waals surface area contributed by atoms with Crippen molar-refractivity contribution in [3.8, 4) is 6.07 Å². The molecule has 2 heterocycles. The number of benzene rings is 2.